The van der Waals surface area contributed by atoms with Crippen LogP contribution < -0.4 is 15.5 Å². The van der Waals surface area contributed by atoms with Gasteiger partial charge < -0.3 is 15.2 Å². The standard InChI is InChI=1S/C14H16ClN3O5/c1-8(2)17-13(21)14(22)18-16-6-9-5-10(15)3-4-11(9)23-7-12(19)20/h3-6,8H,7H2,1-2H3,(H,17,21)(H,18,22)(H,19,20)/b16-6-. The van der Waals surface area contributed by atoms with Crippen molar-refractivity contribution < 1.29 is 24.2 Å². The molecule has 0 bridgehead atoms. The van der Waals surface area contributed by atoms with Crippen LogP contribution in [0.1, 0.15) is 19.4 Å². The molecule has 0 unspecified atom stereocenters. The lowest BCUT2D eigenvalue weighted by Crippen LogP contribution is -2.41. The molecule has 1 aromatic carbocycles. The molecule has 2 amide bonds. The third kappa shape index (κ3) is 6.79. The highest BCUT2D eigenvalue weighted by Gasteiger charge is 2.13. The van der Waals surface area contributed by atoms with Crippen LogP contribution in [0.3, 0.4) is 0 Å². The van der Waals surface area contributed by atoms with Gasteiger partial charge in [-0.25, -0.2) is 10.2 Å². The highest BCUT2D eigenvalue weighted by Crippen LogP contribution is 2.21. The molecule has 23 heavy (non-hydrogen) atoms. The minimum atomic E-state index is -1.14. The van der Waals surface area contributed by atoms with E-state index in [0.29, 0.717) is 10.6 Å². The van der Waals surface area contributed by atoms with E-state index in [-0.39, 0.29) is 11.8 Å². The summed E-state index contributed by atoms with van der Waals surface area (Å²) in [6.07, 6.45) is 1.20. The molecule has 0 fully saturated rings. The maximum Gasteiger partial charge on any atom is 0.341 e. The highest BCUT2D eigenvalue weighted by atomic mass is 35.5. The number of amides is 2. The number of nitrogens with one attached hydrogen (secondary N) is 2. The van der Waals surface area contributed by atoms with Gasteiger partial charge in [0.2, 0.25) is 0 Å². The van der Waals surface area contributed by atoms with Crippen LogP contribution in [0.2, 0.25) is 5.02 Å². The third-order valence-corrected chi connectivity index (χ3v) is 2.55. The van der Waals surface area contributed by atoms with Gasteiger partial charge in [-0.05, 0) is 32.0 Å². The first-order valence-electron chi connectivity index (χ1n) is 6.57. The van der Waals surface area contributed by atoms with Crippen molar-refractivity contribution in [2.45, 2.75) is 19.9 Å². The Bertz CT molecular complexity index is 631. The zero-order chi connectivity index (χ0) is 17.4. The van der Waals surface area contributed by atoms with Crippen molar-refractivity contribution in [2.24, 2.45) is 5.10 Å². The van der Waals surface area contributed by atoms with Crippen molar-refractivity contribution in [1.29, 1.82) is 0 Å². The van der Waals surface area contributed by atoms with E-state index in [1.54, 1.807) is 13.8 Å². The number of hydrogen-bond donors (Lipinski definition) is 3. The molecule has 0 aliphatic rings. The Hall–Kier alpha value is -2.61. The Balaban J connectivity index is 2.75. The molecule has 0 spiro atoms. The fourth-order valence-corrected chi connectivity index (χ4v) is 1.61. The summed E-state index contributed by atoms with van der Waals surface area (Å²) in [5, 5.41) is 15.0. The molecule has 0 atom stereocenters. The zero-order valence-electron chi connectivity index (χ0n) is 12.5. The number of carbonyl (C=O) groups is 3. The lowest BCUT2D eigenvalue weighted by molar-refractivity contribution is -0.139. The predicted molar refractivity (Wildman–Crippen MR) is 83.6 cm³/mol. The Morgan fingerprint density at radius 2 is 2.04 bits per heavy atom. The van der Waals surface area contributed by atoms with Crippen molar-refractivity contribution in [3.63, 3.8) is 0 Å². The topological polar surface area (TPSA) is 117 Å². The maximum absolute atomic E-state index is 11.5. The minimum Gasteiger partial charge on any atom is -0.481 e. The first-order valence-corrected chi connectivity index (χ1v) is 6.95. The molecular formula is C14H16ClN3O5. The van der Waals surface area contributed by atoms with Crippen molar-refractivity contribution >= 4 is 35.6 Å². The number of carbonyl (C=O) groups excluding carboxylic acids is 2. The Labute approximate surface area is 137 Å². The second kappa shape index (κ2) is 8.74. The van der Waals surface area contributed by atoms with Crippen LogP contribution in [0.5, 0.6) is 5.75 Å². The lowest BCUT2D eigenvalue weighted by atomic mass is 10.2. The Morgan fingerprint density at radius 1 is 1.35 bits per heavy atom. The van der Waals surface area contributed by atoms with Gasteiger partial charge in [0, 0.05) is 16.6 Å². The zero-order valence-corrected chi connectivity index (χ0v) is 13.3. The van der Waals surface area contributed by atoms with Gasteiger partial charge in [-0.15, -0.1) is 0 Å². The van der Waals surface area contributed by atoms with Crippen molar-refractivity contribution in [1.82, 2.24) is 10.7 Å². The number of hydrogen-bond acceptors (Lipinski definition) is 5. The molecule has 0 aromatic heterocycles. The van der Waals surface area contributed by atoms with Crippen LogP contribution in [0.25, 0.3) is 0 Å². The molecule has 0 aliphatic heterocycles. The minimum absolute atomic E-state index is 0.179. The van der Waals surface area contributed by atoms with Crippen LogP contribution >= 0.6 is 11.6 Å². The molecule has 0 saturated heterocycles. The average molecular weight is 342 g/mol. The number of rotatable bonds is 6. The van der Waals surface area contributed by atoms with Gasteiger partial charge in [0.1, 0.15) is 5.75 Å². The van der Waals surface area contributed by atoms with E-state index in [9.17, 15) is 14.4 Å². The van der Waals surface area contributed by atoms with E-state index in [1.165, 1.54) is 24.4 Å². The average Bonchev–Trinajstić information content (AvgIpc) is 2.45. The maximum atomic E-state index is 11.5. The number of aliphatic carboxylic acids is 1. The Morgan fingerprint density at radius 3 is 2.65 bits per heavy atom. The largest absolute Gasteiger partial charge is 0.481 e. The van der Waals surface area contributed by atoms with Gasteiger partial charge in [-0.2, -0.15) is 5.10 Å². The summed E-state index contributed by atoms with van der Waals surface area (Å²) in [5.74, 6) is -2.65. The summed E-state index contributed by atoms with van der Waals surface area (Å²) >= 11 is 5.84. The van der Waals surface area contributed by atoms with Crippen LogP contribution in [0.4, 0.5) is 0 Å². The Kier molecular flexibility index (Phi) is 7.01. The number of hydrazone groups is 1. The predicted octanol–water partition coefficient (Wildman–Crippen LogP) is 0.778. The first kappa shape index (κ1) is 18.4. The van der Waals surface area contributed by atoms with Crippen LogP contribution in [0.15, 0.2) is 23.3 Å². The second-order valence-electron chi connectivity index (χ2n) is 4.69. The molecule has 0 aliphatic carbocycles. The monoisotopic (exact) mass is 341 g/mol. The van der Waals surface area contributed by atoms with Crippen LogP contribution in [-0.4, -0.2) is 41.8 Å². The molecule has 1 aromatic rings. The number of benzene rings is 1. The van der Waals surface area contributed by atoms with Gasteiger partial charge in [0.15, 0.2) is 6.61 Å². The SMILES string of the molecule is CC(C)NC(=O)C(=O)N/N=C\c1cc(Cl)ccc1OCC(=O)O. The molecular weight excluding hydrogens is 326 g/mol. The number of nitrogens with zero attached hydrogens (tertiary/aromatic N) is 1. The number of carboxylic acids is 1. The second-order valence-corrected chi connectivity index (χ2v) is 5.13. The number of carboxylic acid groups (broad SMARTS) is 1. The van der Waals surface area contributed by atoms with E-state index in [2.05, 4.69) is 15.8 Å². The summed E-state index contributed by atoms with van der Waals surface area (Å²) in [7, 11) is 0. The van der Waals surface area contributed by atoms with Gasteiger partial charge in [-0.3, -0.25) is 9.59 Å². The summed E-state index contributed by atoms with van der Waals surface area (Å²) in [5.41, 5.74) is 2.40. The smallest absolute Gasteiger partial charge is 0.341 e. The summed E-state index contributed by atoms with van der Waals surface area (Å²) in [6.45, 7) is 2.89. The van der Waals surface area contributed by atoms with Gasteiger partial charge >= 0.3 is 17.8 Å². The van der Waals surface area contributed by atoms with E-state index in [1.807, 2.05) is 0 Å². The van der Waals surface area contributed by atoms with Gasteiger partial charge in [-0.1, -0.05) is 11.6 Å². The summed E-state index contributed by atoms with van der Waals surface area (Å²) in [6, 6.07) is 4.29. The molecule has 0 heterocycles. The molecule has 0 saturated carbocycles. The van der Waals surface area contributed by atoms with E-state index in [4.69, 9.17) is 21.4 Å². The lowest BCUT2D eigenvalue weighted by Gasteiger charge is -2.08. The van der Waals surface area contributed by atoms with E-state index in [0.717, 1.165) is 0 Å². The molecule has 8 nitrogen and oxygen atoms in total. The normalized spacial score (nSPS) is 10.6. The van der Waals surface area contributed by atoms with Crippen molar-refractivity contribution in [3.05, 3.63) is 28.8 Å². The van der Waals surface area contributed by atoms with Crippen molar-refractivity contribution in [2.75, 3.05) is 6.61 Å². The number of ether oxygens (including phenoxy) is 1. The summed E-state index contributed by atoms with van der Waals surface area (Å²) < 4.78 is 5.07. The molecule has 0 radical (unpaired) electrons. The molecule has 9 heteroatoms. The fourth-order valence-electron chi connectivity index (χ4n) is 1.43. The first-order chi connectivity index (χ1) is 10.8. The third-order valence-electron chi connectivity index (χ3n) is 2.32. The van der Waals surface area contributed by atoms with Gasteiger partial charge in [0.05, 0.1) is 6.21 Å². The number of halogens is 1. The fraction of sp³-hybridized carbons (Fsp3) is 0.286. The quantitative estimate of drug-likeness (QED) is 0.401. The van der Waals surface area contributed by atoms with E-state index < -0.39 is 24.4 Å². The highest BCUT2D eigenvalue weighted by molar-refractivity contribution is 6.35. The molecule has 3 N–H and O–H groups in total. The van der Waals surface area contributed by atoms with Crippen molar-refractivity contribution in [3.8, 4) is 5.75 Å². The van der Waals surface area contributed by atoms with E-state index >= 15 is 0 Å². The summed E-state index contributed by atoms with van der Waals surface area (Å²) in [4.78, 5) is 33.4. The molecule has 124 valence electrons. The van der Waals surface area contributed by atoms with Gasteiger partial charge in [0.25, 0.3) is 0 Å². The van der Waals surface area contributed by atoms with Crippen LogP contribution in [-0.2, 0) is 14.4 Å². The van der Waals surface area contributed by atoms with Crippen LogP contribution in [0, 0.1) is 0 Å². The molecule has 1 rings (SSSR count).